The lowest BCUT2D eigenvalue weighted by molar-refractivity contribution is -0.176. The second kappa shape index (κ2) is 3.91. The van der Waals surface area contributed by atoms with Crippen molar-refractivity contribution in [1.29, 1.82) is 0 Å². The molecule has 0 bridgehead atoms. The maximum Gasteiger partial charge on any atom is 0.163 e. The van der Waals surface area contributed by atoms with Crippen LogP contribution in [0.1, 0.15) is 39.5 Å². The molecule has 3 aliphatic rings. The Morgan fingerprint density at radius 3 is 2.89 bits per heavy atom. The Bertz CT molecular complexity index is 406. The number of allylic oxidation sites excluding steroid dienone is 2. The van der Waals surface area contributed by atoms with Gasteiger partial charge in [0.2, 0.25) is 0 Å². The van der Waals surface area contributed by atoms with E-state index in [0.717, 1.165) is 25.9 Å². The normalized spacial score (nSPS) is 47.5. The molecule has 0 N–H and O–H groups in total. The Morgan fingerprint density at radius 2 is 2.17 bits per heavy atom. The molecule has 0 aromatic heterocycles. The van der Waals surface area contributed by atoms with Gasteiger partial charge in [-0.1, -0.05) is 19.4 Å². The second-order valence-corrected chi connectivity index (χ2v) is 6.39. The molecule has 3 nitrogen and oxygen atoms in total. The van der Waals surface area contributed by atoms with E-state index >= 15 is 0 Å². The van der Waals surface area contributed by atoms with Crippen LogP contribution in [-0.4, -0.2) is 25.8 Å². The minimum Gasteiger partial charge on any atom is -0.355 e. The van der Waals surface area contributed by atoms with E-state index in [4.69, 9.17) is 9.47 Å². The molecule has 0 aromatic carbocycles. The first-order valence-corrected chi connectivity index (χ1v) is 6.90. The van der Waals surface area contributed by atoms with E-state index in [0.29, 0.717) is 12.3 Å². The molecule has 1 saturated carbocycles. The van der Waals surface area contributed by atoms with E-state index in [1.807, 2.05) is 6.08 Å². The van der Waals surface area contributed by atoms with Crippen molar-refractivity contribution in [2.45, 2.75) is 45.8 Å². The fourth-order valence-electron chi connectivity index (χ4n) is 4.40. The van der Waals surface area contributed by atoms with Crippen molar-refractivity contribution in [3.63, 3.8) is 0 Å². The fraction of sp³-hybridized carbons (Fsp3) is 0.800. The van der Waals surface area contributed by atoms with Crippen molar-refractivity contribution >= 4 is 5.78 Å². The number of carbonyl (C=O) groups excluding carboxylic acids is 1. The number of hydrogen-bond donors (Lipinski definition) is 0. The maximum atomic E-state index is 11.7. The zero-order chi connectivity index (χ0) is 13.0. The summed E-state index contributed by atoms with van der Waals surface area (Å²) in [6.07, 6.45) is 5.53. The summed E-state index contributed by atoms with van der Waals surface area (Å²) in [7, 11) is 1.73. The van der Waals surface area contributed by atoms with Crippen LogP contribution in [0.15, 0.2) is 11.6 Å². The van der Waals surface area contributed by atoms with E-state index in [9.17, 15) is 4.79 Å². The number of hydrogen-bond acceptors (Lipinski definition) is 3. The Labute approximate surface area is 109 Å². The van der Waals surface area contributed by atoms with Crippen molar-refractivity contribution < 1.29 is 14.3 Å². The lowest BCUT2D eigenvalue weighted by atomic mass is 9.49. The zero-order valence-electron chi connectivity index (χ0n) is 11.5. The molecule has 100 valence electrons. The molecule has 0 aromatic rings. The van der Waals surface area contributed by atoms with Crippen LogP contribution in [-0.2, 0) is 14.3 Å². The van der Waals surface area contributed by atoms with E-state index in [2.05, 4.69) is 13.8 Å². The van der Waals surface area contributed by atoms with Gasteiger partial charge in [0, 0.05) is 18.9 Å². The molecule has 1 heterocycles. The number of rotatable bonds is 1. The molecule has 3 heteroatoms. The topological polar surface area (TPSA) is 35.5 Å². The molecule has 1 saturated heterocycles. The number of ether oxygens (including phenoxy) is 2. The predicted molar refractivity (Wildman–Crippen MR) is 68.0 cm³/mol. The van der Waals surface area contributed by atoms with E-state index < -0.39 is 0 Å². The zero-order valence-corrected chi connectivity index (χ0v) is 11.5. The van der Waals surface area contributed by atoms with Crippen molar-refractivity contribution in [3.8, 4) is 0 Å². The van der Waals surface area contributed by atoms with Crippen LogP contribution in [0.2, 0.25) is 0 Å². The van der Waals surface area contributed by atoms with Crippen LogP contribution in [0.5, 0.6) is 0 Å². The van der Waals surface area contributed by atoms with Crippen LogP contribution in [0.25, 0.3) is 0 Å². The fourth-order valence-corrected chi connectivity index (χ4v) is 4.40. The first-order valence-electron chi connectivity index (χ1n) is 6.90. The monoisotopic (exact) mass is 250 g/mol. The van der Waals surface area contributed by atoms with Crippen LogP contribution in [0.3, 0.4) is 0 Å². The van der Waals surface area contributed by atoms with Gasteiger partial charge in [-0.05, 0) is 36.7 Å². The maximum absolute atomic E-state index is 11.7. The van der Waals surface area contributed by atoms with Gasteiger partial charge in [0.1, 0.15) is 0 Å². The molecule has 4 atom stereocenters. The second-order valence-electron chi connectivity index (χ2n) is 6.39. The van der Waals surface area contributed by atoms with Gasteiger partial charge < -0.3 is 9.47 Å². The molecule has 2 fully saturated rings. The molecule has 18 heavy (non-hydrogen) atoms. The lowest BCUT2D eigenvalue weighted by Gasteiger charge is -2.55. The Hall–Kier alpha value is -0.670. The molecule has 0 radical (unpaired) electrons. The first kappa shape index (κ1) is 12.4. The summed E-state index contributed by atoms with van der Waals surface area (Å²) in [5.74, 6) is 0.843. The number of ketones is 1. The van der Waals surface area contributed by atoms with Crippen LogP contribution >= 0.6 is 0 Å². The third kappa shape index (κ3) is 1.35. The molecular formula is C15H22O3. The van der Waals surface area contributed by atoms with Crippen molar-refractivity contribution in [3.05, 3.63) is 11.6 Å². The molecule has 2 aliphatic carbocycles. The standard InChI is InChI=1S/C15H22O3/c1-14-7-6-12(16)8-10(14)4-5-11-9-18-13(17-3)15(11,14)2/h8,11,13H,4-7,9H2,1-3H3/t11-,13-,14-,15+/m0/s1. The summed E-state index contributed by atoms with van der Waals surface area (Å²) in [5.41, 5.74) is 1.39. The minimum absolute atomic E-state index is 0.00648. The summed E-state index contributed by atoms with van der Waals surface area (Å²) in [5, 5.41) is 0. The van der Waals surface area contributed by atoms with Crippen LogP contribution in [0, 0.1) is 16.7 Å². The first-order chi connectivity index (χ1) is 8.52. The average Bonchev–Trinajstić information content (AvgIpc) is 2.69. The smallest absolute Gasteiger partial charge is 0.163 e. The summed E-state index contributed by atoms with van der Waals surface area (Å²) in [6, 6.07) is 0. The van der Waals surface area contributed by atoms with Gasteiger partial charge in [-0.3, -0.25) is 4.79 Å². The third-order valence-electron chi connectivity index (χ3n) is 5.87. The summed E-state index contributed by atoms with van der Waals surface area (Å²) in [4.78, 5) is 11.7. The third-order valence-corrected chi connectivity index (χ3v) is 5.87. The Morgan fingerprint density at radius 1 is 1.39 bits per heavy atom. The van der Waals surface area contributed by atoms with E-state index in [1.165, 1.54) is 5.57 Å². The van der Waals surface area contributed by atoms with Gasteiger partial charge in [-0.25, -0.2) is 0 Å². The SMILES string of the molecule is CO[C@H]1OC[C@@H]2CCC3=CC(=O)CC[C@]3(C)[C@]21C. The number of fused-ring (bicyclic) bond motifs is 3. The summed E-state index contributed by atoms with van der Waals surface area (Å²) >= 11 is 0. The lowest BCUT2D eigenvalue weighted by Crippen LogP contribution is -2.53. The highest BCUT2D eigenvalue weighted by atomic mass is 16.7. The Balaban J connectivity index is 2.08. The molecule has 0 spiro atoms. The summed E-state index contributed by atoms with van der Waals surface area (Å²) in [6.45, 7) is 5.39. The number of methoxy groups -OCH3 is 1. The van der Waals surface area contributed by atoms with Crippen molar-refractivity contribution in [2.75, 3.05) is 13.7 Å². The molecule has 0 amide bonds. The minimum atomic E-state index is -0.135. The highest BCUT2D eigenvalue weighted by Crippen LogP contribution is 2.64. The molecule has 1 aliphatic heterocycles. The van der Waals surface area contributed by atoms with E-state index in [1.54, 1.807) is 7.11 Å². The van der Waals surface area contributed by atoms with Gasteiger partial charge in [-0.2, -0.15) is 0 Å². The van der Waals surface area contributed by atoms with Gasteiger partial charge in [0.25, 0.3) is 0 Å². The quantitative estimate of drug-likeness (QED) is 0.718. The van der Waals surface area contributed by atoms with Gasteiger partial charge in [0.05, 0.1) is 6.61 Å². The van der Waals surface area contributed by atoms with Gasteiger partial charge >= 0.3 is 0 Å². The highest BCUT2D eigenvalue weighted by Gasteiger charge is 2.62. The largest absolute Gasteiger partial charge is 0.355 e. The molecule has 0 unspecified atom stereocenters. The van der Waals surface area contributed by atoms with E-state index in [-0.39, 0.29) is 22.9 Å². The Kier molecular flexibility index (Phi) is 2.69. The van der Waals surface area contributed by atoms with Gasteiger partial charge in [-0.15, -0.1) is 0 Å². The van der Waals surface area contributed by atoms with Crippen LogP contribution < -0.4 is 0 Å². The van der Waals surface area contributed by atoms with Gasteiger partial charge in [0.15, 0.2) is 12.1 Å². The highest BCUT2D eigenvalue weighted by molar-refractivity contribution is 5.91. The summed E-state index contributed by atoms with van der Waals surface area (Å²) < 4.78 is 11.4. The number of carbonyl (C=O) groups is 1. The molecular weight excluding hydrogens is 228 g/mol. The van der Waals surface area contributed by atoms with Crippen LogP contribution in [0.4, 0.5) is 0 Å². The van der Waals surface area contributed by atoms with Crippen molar-refractivity contribution in [2.24, 2.45) is 16.7 Å². The van der Waals surface area contributed by atoms with Crippen molar-refractivity contribution in [1.82, 2.24) is 0 Å². The molecule has 3 rings (SSSR count). The predicted octanol–water partition coefficient (Wildman–Crippen LogP) is 2.70. The average molecular weight is 250 g/mol.